The second-order valence-corrected chi connectivity index (χ2v) is 9.19. The third kappa shape index (κ3) is 4.19. The van der Waals surface area contributed by atoms with Crippen molar-refractivity contribution in [2.45, 2.75) is 40.5 Å². The summed E-state index contributed by atoms with van der Waals surface area (Å²) < 4.78 is 0. The van der Waals surface area contributed by atoms with Crippen LogP contribution >= 0.6 is 11.6 Å². The summed E-state index contributed by atoms with van der Waals surface area (Å²) in [6, 6.07) is 19.0. The van der Waals surface area contributed by atoms with Crippen molar-refractivity contribution < 1.29 is 9.59 Å². The Kier molecular flexibility index (Phi) is 6.13. The fraction of sp³-hybridized carbons (Fsp3) is 0.214. The number of hydrogen-bond donors (Lipinski definition) is 1. The molecule has 0 unspecified atom stereocenters. The highest BCUT2D eigenvalue weighted by atomic mass is 35.5. The van der Waals surface area contributed by atoms with Crippen LogP contribution in [0.1, 0.15) is 47.6 Å². The van der Waals surface area contributed by atoms with Crippen molar-refractivity contribution >= 4 is 40.4 Å². The molecule has 0 saturated carbocycles. The Hall–Kier alpha value is -3.37. The number of carbonyl (C=O) groups excluding carboxylic acids is 2. The lowest BCUT2D eigenvalue weighted by Gasteiger charge is -2.18. The van der Waals surface area contributed by atoms with E-state index < -0.39 is 5.91 Å². The fourth-order valence-corrected chi connectivity index (χ4v) is 4.13. The average Bonchev–Trinajstić information content (AvgIpc) is 3.02. The minimum Gasteiger partial charge on any atom is -0.350 e. The number of imide groups is 1. The Balaban J connectivity index is 1.83. The van der Waals surface area contributed by atoms with Gasteiger partial charge in [0.1, 0.15) is 5.70 Å². The summed E-state index contributed by atoms with van der Waals surface area (Å²) >= 11 is 6.31. The number of nitrogens with one attached hydrogen (secondary N) is 1. The zero-order chi connectivity index (χ0) is 23.9. The van der Waals surface area contributed by atoms with Gasteiger partial charge in [-0.2, -0.15) is 0 Å². The number of benzene rings is 3. The van der Waals surface area contributed by atoms with Crippen molar-refractivity contribution in [3.05, 3.63) is 99.2 Å². The molecule has 5 heteroatoms. The van der Waals surface area contributed by atoms with Gasteiger partial charge in [0.05, 0.1) is 11.3 Å². The maximum absolute atomic E-state index is 13.7. The van der Waals surface area contributed by atoms with E-state index in [2.05, 4.69) is 19.2 Å². The van der Waals surface area contributed by atoms with Gasteiger partial charge in [-0.25, -0.2) is 4.90 Å². The highest BCUT2D eigenvalue weighted by molar-refractivity contribution is 6.46. The lowest BCUT2D eigenvalue weighted by molar-refractivity contribution is -0.120. The highest BCUT2D eigenvalue weighted by Crippen LogP contribution is 2.37. The number of amides is 2. The molecule has 0 radical (unpaired) electrons. The normalized spacial score (nSPS) is 14.0. The van der Waals surface area contributed by atoms with Crippen LogP contribution in [0, 0.1) is 20.8 Å². The lowest BCUT2D eigenvalue weighted by atomic mass is 9.99. The fourth-order valence-electron chi connectivity index (χ4n) is 3.96. The molecular formula is C28H27ClN2O2. The number of halogens is 1. The topological polar surface area (TPSA) is 49.4 Å². The van der Waals surface area contributed by atoms with E-state index in [0.717, 1.165) is 16.8 Å². The van der Waals surface area contributed by atoms with Gasteiger partial charge in [0.15, 0.2) is 0 Å². The molecule has 168 valence electrons. The van der Waals surface area contributed by atoms with Gasteiger partial charge >= 0.3 is 0 Å². The summed E-state index contributed by atoms with van der Waals surface area (Å²) in [5, 5.41) is 3.74. The van der Waals surface area contributed by atoms with E-state index in [1.807, 2.05) is 63.2 Å². The van der Waals surface area contributed by atoms with Gasteiger partial charge in [-0.1, -0.05) is 61.8 Å². The third-order valence-corrected chi connectivity index (χ3v) is 6.62. The minimum atomic E-state index is -0.397. The third-order valence-electron chi connectivity index (χ3n) is 6.21. The molecule has 4 nitrogen and oxygen atoms in total. The molecule has 33 heavy (non-hydrogen) atoms. The average molecular weight is 459 g/mol. The van der Waals surface area contributed by atoms with Gasteiger partial charge in [-0.05, 0) is 78.8 Å². The minimum absolute atomic E-state index is 0.264. The van der Waals surface area contributed by atoms with Gasteiger partial charge < -0.3 is 5.32 Å². The maximum atomic E-state index is 13.7. The van der Waals surface area contributed by atoms with Gasteiger partial charge in [-0.3, -0.25) is 9.59 Å². The van der Waals surface area contributed by atoms with Crippen molar-refractivity contribution in [1.82, 2.24) is 0 Å². The number of hydrogen-bond acceptors (Lipinski definition) is 3. The molecule has 4 rings (SSSR count). The molecule has 2 amide bonds. The van der Waals surface area contributed by atoms with E-state index in [0.29, 0.717) is 33.3 Å². The van der Waals surface area contributed by atoms with Crippen LogP contribution in [0.3, 0.4) is 0 Å². The van der Waals surface area contributed by atoms with Crippen molar-refractivity contribution in [3.63, 3.8) is 0 Å². The predicted octanol–water partition coefficient (Wildman–Crippen LogP) is 6.79. The Morgan fingerprint density at radius 1 is 0.848 bits per heavy atom. The maximum Gasteiger partial charge on any atom is 0.282 e. The summed E-state index contributed by atoms with van der Waals surface area (Å²) in [6.07, 6.45) is 0. The van der Waals surface area contributed by atoms with Gasteiger partial charge in [0, 0.05) is 10.7 Å². The molecule has 0 aliphatic carbocycles. The van der Waals surface area contributed by atoms with Gasteiger partial charge in [-0.15, -0.1) is 0 Å². The molecule has 0 bridgehead atoms. The summed E-state index contributed by atoms with van der Waals surface area (Å²) in [6.45, 7) is 10.1. The molecule has 0 aromatic heterocycles. The first-order chi connectivity index (χ1) is 15.7. The van der Waals surface area contributed by atoms with Crippen LogP contribution in [0.2, 0.25) is 5.02 Å². The van der Waals surface area contributed by atoms with Crippen molar-refractivity contribution in [3.8, 4) is 0 Å². The Morgan fingerprint density at radius 3 is 2.18 bits per heavy atom. The number of anilines is 2. The van der Waals surface area contributed by atoms with Crippen LogP contribution < -0.4 is 10.2 Å². The van der Waals surface area contributed by atoms with E-state index in [1.54, 1.807) is 18.2 Å². The summed E-state index contributed by atoms with van der Waals surface area (Å²) in [5.74, 6) is -0.359. The lowest BCUT2D eigenvalue weighted by Crippen LogP contribution is -2.33. The monoisotopic (exact) mass is 458 g/mol. The van der Waals surface area contributed by atoms with E-state index >= 15 is 0 Å². The van der Waals surface area contributed by atoms with Gasteiger partial charge in [0.2, 0.25) is 0 Å². The molecule has 0 atom stereocenters. The highest BCUT2D eigenvalue weighted by Gasteiger charge is 2.41. The Labute approximate surface area is 199 Å². The molecule has 1 aliphatic heterocycles. The van der Waals surface area contributed by atoms with E-state index in [1.165, 1.54) is 10.5 Å². The molecule has 1 aliphatic rings. The molecule has 0 spiro atoms. The first-order valence-electron chi connectivity index (χ1n) is 11.0. The molecule has 3 aromatic carbocycles. The molecule has 1 heterocycles. The quantitative estimate of drug-likeness (QED) is 0.428. The van der Waals surface area contributed by atoms with Crippen LogP contribution in [-0.2, 0) is 9.59 Å². The Bertz CT molecular complexity index is 1290. The smallest absolute Gasteiger partial charge is 0.282 e. The predicted molar refractivity (Wildman–Crippen MR) is 136 cm³/mol. The van der Waals surface area contributed by atoms with E-state index in [4.69, 9.17) is 11.6 Å². The molecular weight excluding hydrogens is 432 g/mol. The molecule has 3 aromatic rings. The van der Waals surface area contributed by atoms with Crippen LogP contribution in [0.4, 0.5) is 11.4 Å². The van der Waals surface area contributed by atoms with Crippen LogP contribution in [0.15, 0.2) is 66.4 Å². The number of nitrogens with zero attached hydrogens (tertiary/aromatic N) is 1. The summed E-state index contributed by atoms with van der Waals surface area (Å²) in [5.41, 5.74) is 6.63. The van der Waals surface area contributed by atoms with E-state index in [-0.39, 0.29) is 11.6 Å². The van der Waals surface area contributed by atoms with Crippen molar-refractivity contribution in [2.24, 2.45) is 0 Å². The van der Waals surface area contributed by atoms with Crippen LogP contribution in [-0.4, -0.2) is 11.8 Å². The van der Waals surface area contributed by atoms with Crippen LogP contribution in [0.5, 0.6) is 0 Å². The second kappa shape index (κ2) is 8.87. The first kappa shape index (κ1) is 22.8. The Morgan fingerprint density at radius 2 is 1.55 bits per heavy atom. The molecule has 0 saturated heterocycles. The number of carbonyl (C=O) groups is 2. The first-order valence-corrected chi connectivity index (χ1v) is 11.4. The number of aryl methyl sites for hydroxylation is 2. The summed E-state index contributed by atoms with van der Waals surface area (Å²) in [4.78, 5) is 28.5. The van der Waals surface area contributed by atoms with Crippen molar-refractivity contribution in [2.75, 3.05) is 10.2 Å². The SMILES string of the molecule is Cc1ccc(C2=C(Nc3ccc(C(C)C)cc3)C(=O)N(c3cccc(Cl)c3C)C2=O)cc1C. The summed E-state index contributed by atoms with van der Waals surface area (Å²) in [7, 11) is 0. The standard InChI is InChI=1S/C28H27ClN2O2/c1-16(2)20-11-13-22(14-12-20)30-26-25(21-10-9-17(3)18(4)15-21)27(32)31(28(26)33)24-8-6-7-23(29)19(24)5/h6-16,30H,1-5H3. The zero-order valence-corrected chi connectivity index (χ0v) is 20.2. The molecule has 1 N–H and O–H groups in total. The van der Waals surface area contributed by atoms with Crippen LogP contribution in [0.25, 0.3) is 5.57 Å². The molecule has 0 fully saturated rings. The zero-order valence-electron chi connectivity index (χ0n) is 19.5. The van der Waals surface area contributed by atoms with Crippen molar-refractivity contribution in [1.29, 1.82) is 0 Å². The second-order valence-electron chi connectivity index (χ2n) is 8.78. The number of rotatable bonds is 5. The van der Waals surface area contributed by atoms with Gasteiger partial charge in [0.25, 0.3) is 11.8 Å². The largest absolute Gasteiger partial charge is 0.350 e. The van der Waals surface area contributed by atoms with E-state index in [9.17, 15) is 9.59 Å².